The zero-order valence-corrected chi connectivity index (χ0v) is 11.9. The monoisotopic (exact) mass is 287 g/mol. The van der Waals surface area contributed by atoms with Gasteiger partial charge in [0.1, 0.15) is 0 Å². The quantitative estimate of drug-likeness (QED) is 0.667. The van der Waals surface area contributed by atoms with Gasteiger partial charge in [0.15, 0.2) is 5.78 Å². The molecule has 2 rings (SSSR count). The molecule has 6 heteroatoms. The summed E-state index contributed by atoms with van der Waals surface area (Å²) >= 11 is 4.15. The highest BCUT2D eigenvalue weighted by atomic mass is 32.2. The number of Topliss-reactive ketones (excluding diaryl/α,β-unsaturated/α-hetero) is 1. The van der Waals surface area contributed by atoms with Crippen LogP contribution in [0.4, 0.5) is 4.79 Å². The van der Waals surface area contributed by atoms with E-state index in [1.165, 1.54) is 11.3 Å². The molecule has 0 fully saturated rings. The smallest absolute Gasteiger partial charge is 0.282 e. The van der Waals surface area contributed by atoms with Gasteiger partial charge in [0.05, 0.1) is 8.42 Å². The predicted octanol–water partition coefficient (Wildman–Crippen LogP) is 3.55. The third-order valence-corrected chi connectivity index (χ3v) is 5.96. The first kappa shape index (κ1) is 13.0. The minimum Gasteiger partial charge on any atom is -0.360 e. The number of thioether (sulfide) groups is 2. The van der Waals surface area contributed by atoms with Crippen molar-refractivity contribution < 1.29 is 9.59 Å². The molecule has 92 valence electrons. The van der Waals surface area contributed by atoms with Gasteiger partial charge in [-0.15, -0.1) is 23.1 Å². The number of ketones is 1. The molecular formula is C11H13NO2S3. The Morgan fingerprint density at radius 1 is 1.29 bits per heavy atom. The second kappa shape index (κ2) is 5.46. The molecule has 0 bridgehead atoms. The van der Waals surface area contributed by atoms with Gasteiger partial charge in [-0.1, -0.05) is 0 Å². The van der Waals surface area contributed by atoms with Crippen LogP contribution in [0.25, 0.3) is 0 Å². The van der Waals surface area contributed by atoms with Crippen LogP contribution in [-0.4, -0.2) is 17.3 Å². The Labute approximate surface area is 113 Å². The fraction of sp³-hybridized carbons (Fsp3) is 0.455. The molecule has 0 atom stereocenters. The van der Waals surface area contributed by atoms with E-state index in [9.17, 15) is 9.59 Å². The third-order valence-electron chi connectivity index (χ3n) is 2.68. The number of rotatable bonds is 2. The zero-order valence-electron chi connectivity index (χ0n) is 9.45. The maximum Gasteiger partial charge on any atom is 0.282 e. The number of carbonyl (C=O) groups excluding carboxylic acids is 2. The molecule has 1 aliphatic rings. The number of nitrogens with two attached hydrogens (primary N) is 1. The van der Waals surface area contributed by atoms with E-state index in [1.807, 2.05) is 6.26 Å². The van der Waals surface area contributed by atoms with Gasteiger partial charge >= 0.3 is 0 Å². The van der Waals surface area contributed by atoms with E-state index < -0.39 is 5.24 Å². The van der Waals surface area contributed by atoms with Gasteiger partial charge in [0.25, 0.3) is 5.24 Å². The van der Waals surface area contributed by atoms with Gasteiger partial charge in [-0.3, -0.25) is 9.59 Å². The van der Waals surface area contributed by atoms with Crippen LogP contribution in [0.5, 0.6) is 0 Å². The van der Waals surface area contributed by atoms with E-state index in [0.29, 0.717) is 6.42 Å². The minimum atomic E-state index is -0.404. The maximum atomic E-state index is 12.1. The summed E-state index contributed by atoms with van der Waals surface area (Å²) in [4.78, 5) is 23.1. The lowest BCUT2D eigenvalue weighted by molar-refractivity contribution is 0.0980. The normalized spacial score (nSPS) is 15.5. The van der Waals surface area contributed by atoms with Crippen LogP contribution in [-0.2, 0) is 6.42 Å². The molecule has 0 radical (unpaired) electrons. The summed E-state index contributed by atoms with van der Waals surface area (Å²) in [6.45, 7) is 0. The molecule has 2 N–H and O–H groups in total. The van der Waals surface area contributed by atoms with Crippen molar-refractivity contribution in [2.75, 3.05) is 6.26 Å². The highest BCUT2D eigenvalue weighted by Crippen LogP contribution is 2.43. The molecule has 0 aliphatic heterocycles. The summed E-state index contributed by atoms with van der Waals surface area (Å²) in [5, 5.41) is -0.404. The first-order valence-electron chi connectivity index (χ1n) is 5.33. The summed E-state index contributed by atoms with van der Waals surface area (Å²) in [6, 6.07) is 0. The van der Waals surface area contributed by atoms with E-state index in [2.05, 4.69) is 0 Å². The summed E-state index contributed by atoms with van der Waals surface area (Å²) in [5.74, 6) is 0.217. The number of amides is 1. The van der Waals surface area contributed by atoms with Gasteiger partial charge in [0, 0.05) is 12.0 Å². The van der Waals surface area contributed by atoms with Gasteiger partial charge in [-0.25, -0.2) is 0 Å². The summed E-state index contributed by atoms with van der Waals surface area (Å²) in [7, 11) is 0. The average Bonchev–Trinajstić information content (AvgIpc) is 2.49. The van der Waals surface area contributed by atoms with Gasteiger partial charge in [0.2, 0.25) is 0 Å². The molecule has 0 saturated heterocycles. The SMILES string of the molecule is CSc1sc(SC(N)=O)c2c1C(=O)CCCC2. The van der Waals surface area contributed by atoms with E-state index in [0.717, 1.165) is 50.6 Å². The molecule has 1 amide bonds. The Balaban J connectivity index is 2.49. The van der Waals surface area contributed by atoms with Crippen LogP contribution in [0.1, 0.15) is 35.2 Å². The number of fused-ring (bicyclic) bond motifs is 1. The molecule has 0 aromatic carbocycles. The van der Waals surface area contributed by atoms with E-state index in [1.54, 1.807) is 11.8 Å². The molecule has 0 saturated carbocycles. The molecule has 3 nitrogen and oxygen atoms in total. The van der Waals surface area contributed by atoms with Crippen LogP contribution in [0.2, 0.25) is 0 Å². The first-order chi connectivity index (χ1) is 8.13. The first-order valence-corrected chi connectivity index (χ1v) is 8.19. The Hall–Kier alpha value is -0.460. The van der Waals surface area contributed by atoms with Gasteiger partial charge in [-0.2, -0.15) is 0 Å². The number of carbonyl (C=O) groups is 2. The number of hydrogen-bond donors (Lipinski definition) is 1. The zero-order chi connectivity index (χ0) is 12.4. The highest BCUT2D eigenvalue weighted by Gasteiger charge is 2.25. The van der Waals surface area contributed by atoms with Crippen molar-refractivity contribution in [3.63, 3.8) is 0 Å². The second-order valence-corrected chi connectivity index (χ2v) is 7.15. The summed E-state index contributed by atoms with van der Waals surface area (Å²) < 4.78 is 1.93. The minimum absolute atomic E-state index is 0.217. The van der Waals surface area contributed by atoms with Crippen molar-refractivity contribution in [2.24, 2.45) is 5.73 Å². The Morgan fingerprint density at radius 2 is 2.00 bits per heavy atom. The number of thiophene rings is 1. The lowest BCUT2D eigenvalue weighted by atomic mass is 10.1. The van der Waals surface area contributed by atoms with Crippen LogP contribution in [0.3, 0.4) is 0 Å². The lowest BCUT2D eigenvalue weighted by Crippen LogP contribution is -2.02. The molecule has 17 heavy (non-hydrogen) atoms. The molecule has 0 spiro atoms. The third kappa shape index (κ3) is 2.69. The molecule has 1 aromatic heterocycles. The van der Waals surface area contributed by atoms with E-state index >= 15 is 0 Å². The highest BCUT2D eigenvalue weighted by molar-refractivity contribution is 8.15. The van der Waals surface area contributed by atoms with E-state index in [-0.39, 0.29) is 5.78 Å². The van der Waals surface area contributed by atoms with Crippen LogP contribution >= 0.6 is 34.9 Å². The van der Waals surface area contributed by atoms with Crippen molar-refractivity contribution in [2.45, 2.75) is 34.1 Å². The van der Waals surface area contributed by atoms with Crippen LogP contribution in [0, 0.1) is 0 Å². The van der Waals surface area contributed by atoms with Gasteiger partial charge < -0.3 is 5.73 Å². The van der Waals surface area contributed by atoms with Crippen molar-refractivity contribution in [1.29, 1.82) is 0 Å². The standard InChI is InChI=1S/C11H13NO2S3/c1-15-10-8-6(4-2-3-5-7(8)13)9(16-10)17-11(12)14/h2-5H2,1H3,(H2,12,14). The van der Waals surface area contributed by atoms with Crippen molar-refractivity contribution in [3.05, 3.63) is 11.1 Å². The molecular weight excluding hydrogens is 274 g/mol. The average molecular weight is 287 g/mol. The maximum absolute atomic E-state index is 12.1. The summed E-state index contributed by atoms with van der Waals surface area (Å²) in [5.41, 5.74) is 7.12. The number of hydrogen-bond acceptors (Lipinski definition) is 5. The van der Waals surface area contributed by atoms with Crippen LogP contribution in [0.15, 0.2) is 8.42 Å². The topological polar surface area (TPSA) is 60.2 Å². The van der Waals surface area contributed by atoms with Gasteiger partial charge in [-0.05, 0) is 42.8 Å². The molecule has 1 aliphatic carbocycles. The van der Waals surface area contributed by atoms with E-state index in [4.69, 9.17) is 5.73 Å². The number of primary amides is 1. The van der Waals surface area contributed by atoms with Crippen LogP contribution < -0.4 is 5.73 Å². The fourth-order valence-electron chi connectivity index (χ4n) is 1.96. The Kier molecular flexibility index (Phi) is 4.17. The predicted molar refractivity (Wildman–Crippen MR) is 73.4 cm³/mol. The molecule has 1 aromatic rings. The van der Waals surface area contributed by atoms with Crippen molar-refractivity contribution in [3.8, 4) is 0 Å². The second-order valence-electron chi connectivity index (χ2n) is 3.79. The molecule has 1 heterocycles. The summed E-state index contributed by atoms with van der Waals surface area (Å²) in [6.07, 6.45) is 5.41. The largest absolute Gasteiger partial charge is 0.360 e. The Morgan fingerprint density at radius 3 is 2.65 bits per heavy atom. The lowest BCUT2D eigenvalue weighted by Gasteiger charge is -2.00. The Bertz CT molecular complexity index is 468. The van der Waals surface area contributed by atoms with Crippen molar-refractivity contribution in [1.82, 2.24) is 0 Å². The van der Waals surface area contributed by atoms with Crippen molar-refractivity contribution >= 4 is 45.9 Å². The fourth-order valence-corrected chi connectivity index (χ4v) is 5.15. The molecule has 0 unspecified atom stereocenters.